The normalized spacial score (nSPS) is 15.5. The number of ether oxygens (including phenoxy) is 1. The van der Waals surface area contributed by atoms with Crippen LogP contribution in [0, 0.1) is 34.6 Å². The lowest BCUT2D eigenvalue weighted by Gasteiger charge is -2.34. The first kappa shape index (κ1) is 25.2. The number of para-hydroxylation sites is 2. The molecule has 3 rings (SSSR count). The van der Waals surface area contributed by atoms with E-state index in [4.69, 9.17) is 4.74 Å². The lowest BCUT2D eigenvalue weighted by atomic mass is 9.95. The molecule has 180 valence electrons. The molecule has 33 heavy (non-hydrogen) atoms. The van der Waals surface area contributed by atoms with Crippen molar-refractivity contribution < 1.29 is 17.9 Å². The summed E-state index contributed by atoms with van der Waals surface area (Å²) in [6.07, 6.45) is 0.333. The van der Waals surface area contributed by atoms with Gasteiger partial charge in [-0.25, -0.2) is 8.42 Å². The van der Waals surface area contributed by atoms with Crippen molar-refractivity contribution in [1.29, 1.82) is 0 Å². The first-order valence-electron chi connectivity index (χ1n) is 11.3. The molecular weight excluding hydrogens is 438 g/mol. The minimum atomic E-state index is -3.57. The predicted octanol–water partition coefficient (Wildman–Crippen LogP) is 3.57. The highest BCUT2D eigenvalue weighted by Crippen LogP contribution is 2.32. The number of methoxy groups -OCH3 is 1. The van der Waals surface area contributed by atoms with Crippen molar-refractivity contribution in [2.24, 2.45) is 0 Å². The zero-order valence-corrected chi connectivity index (χ0v) is 21.3. The fourth-order valence-electron chi connectivity index (χ4n) is 4.40. The SMILES string of the molecule is COc1ccccc1NC(=O)CCN1CCN(S(=O)(=O)c2c(C)c(C)c(C)c(C)c2C)CC1. The van der Waals surface area contributed by atoms with Crippen molar-refractivity contribution in [1.82, 2.24) is 9.21 Å². The third kappa shape index (κ3) is 5.23. The molecule has 8 heteroatoms. The molecule has 7 nitrogen and oxygen atoms in total. The van der Waals surface area contributed by atoms with E-state index < -0.39 is 10.0 Å². The maximum Gasteiger partial charge on any atom is 0.243 e. The molecule has 0 unspecified atom stereocenters. The number of sulfonamides is 1. The van der Waals surface area contributed by atoms with Crippen molar-refractivity contribution in [3.05, 3.63) is 52.1 Å². The van der Waals surface area contributed by atoms with Gasteiger partial charge in [-0.15, -0.1) is 0 Å². The van der Waals surface area contributed by atoms with Gasteiger partial charge in [0.05, 0.1) is 17.7 Å². The molecule has 0 saturated carbocycles. The van der Waals surface area contributed by atoms with Gasteiger partial charge >= 0.3 is 0 Å². The van der Waals surface area contributed by atoms with Crippen molar-refractivity contribution in [3.8, 4) is 5.75 Å². The zero-order valence-electron chi connectivity index (χ0n) is 20.5. The minimum absolute atomic E-state index is 0.0913. The van der Waals surface area contributed by atoms with Gasteiger partial charge in [0.1, 0.15) is 5.75 Å². The first-order valence-corrected chi connectivity index (χ1v) is 12.7. The molecule has 1 N–H and O–H groups in total. The summed E-state index contributed by atoms with van der Waals surface area (Å²) in [5.41, 5.74) is 5.56. The van der Waals surface area contributed by atoms with Crippen LogP contribution in [-0.4, -0.2) is 63.4 Å². The van der Waals surface area contributed by atoms with Crippen LogP contribution in [0.15, 0.2) is 29.2 Å². The fourth-order valence-corrected chi connectivity index (χ4v) is 6.38. The maximum absolute atomic E-state index is 13.5. The molecule has 1 aliphatic heterocycles. The van der Waals surface area contributed by atoms with Gasteiger partial charge in [-0.3, -0.25) is 4.79 Å². The number of hydrogen-bond acceptors (Lipinski definition) is 5. The van der Waals surface area contributed by atoms with Gasteiger partial charge in [0.15, 0.2) is 0 Å². The Morgan fingerprint density at radius 2 is 1.45 bits per heavy atom. The number of rotatable bonds is 7. The van der Waals surface area contributed by atoms with Gasteiger partial charge in [0.2, 0.25) is 15.9 Å². The van der Waals surface area contributed by atoms with Crippen LogP contribution in [0.2, 0.25) is 0 Å². The van der Waals surface area contributed by atoms with E-state index in [0.29, 0.717) is 55.5 Å². The molecule has 1 aliphatic rings. The number of amides is 1. The van der Waals surface area contributed by atoms with Gasteiger partial charge in [-0.05, 0) is 74.6 Å². The highest BCUT2D eigenvalue weighted by atomic mass is 32.2. The number of benzene rings is 2. The Morgan fingerprint density at radius 1 is 0.909 bits per heavy atom. The van der Waals surface area contributed by atoms with E-state index >= 15 is 0 Å². The number of hydrogen-bond donors (Lipinski definition) is 1. The summed E-state index contributed by atoms with van der Waals surface area (Å²) in [6, 6.07) is 7.30. The molecule has 0 aliphatic carbocycles. The monoisotopic (exact) mass is 473 g/mol. The molecule has 2 aromatic carbocycles. The Labute approximate surface area is 197 Å². The van der Waals surface area contributed by atoms with Crippen LogP contribution in [0.4, 0.5) is 5.69 Å². The average molecular weight is 474 g/mol. The summed E-state index contributed by atoms with van der Waals surface area (Å²) in [7, 11) is -2.00. The summed E-state index contributed by atoms with van der Waals surface area (Å²) < 4.78 is 33.9. The summed E-state index contributed by atoms with van der Waals surface area (Å²) in [6.45, 7) is 12.4. The first-order chi connectivity index (χ1) is 15.6. The van der Waals surface area contributed by atoms with E-state index in [1.165, 1.54) is 0 Å². The minimum Gasteiger partial charge on any atom is -0.495 e. The molecule has 0 atom stereocenters. The smallest absolute Gasteiger partial charge is 0.243 e. The highest BCUT2D eigenvalue weighted by Gasteiger charge is 2.32. The second-order valence-electron chi connectivity index (χ2n) is 8.70. The molecule has 1 fully saturated rings. The summed E-state index contributed by atoms with van der Waals surface area (Å²) in [4.78, 5) is 15.0. The second kappa shape index (κ2) is 10.2. The molecule has 0 aromatic heterocycles. The number of nitrogens with zero attached hydrogens (tertiary/aromatic N) is 2. The Kier molecular flexibility index (Phi) is 7.82. The molecular formula is C25H35N3O4S. The fraction of sp³-hybridized carbons (Fsp3) is 0.480. The third-order valence-electron chi connectivity index (χ3n) is 6.90. The molecule has 1 amide bonds. The number of carbonyl (C=O) groups excluding carboxylic acids is 1. The van der Waals surface area contributed by atoms with Crippen LogP contribution in [0.25, 0.3) is 0 Å². The van der Waals surface area contributed by atoms with Crippen LogP contribution in [0.3, 0.4) is 0 Å². The van der Waals surface area contributed by atoms with E-state index in [2.05, 4.69) is 10.2 Å². The van der Waals surface area contributed by atoms with Crippen molar-refractivity contribution >= 4 is 21.6 Å². The number of anilines is 1. The van der Waals surface area contributed by atoms with Crippen LogP contribution in [0.5, 0.6) is 5.75 Å². The standard InChI is InChI=1S/C25H35N3O4S/c1-17-18(2)20(4)25(21(5)19(17)3)33(30,31)28-15-13-27(14-16-28)12-11-24(29)26-22-9-7-8-10-23(22)32-6/h7-10H,11-16H2,1-6H3,(H,26,29). The zero-order chi connectivity index (χ0) is 24.3. The van der Waals surface area contributed by atoms with Gasteiger partial charge < -0.3 is 15.0 Å². The van der Waals surface area contributed by atoms with Crippen molar-refractivity contribution in [3.63, 3.8) is 0 Å². The Morgan fingerprint density at radius 3 is 2.03 bits per heavy atom. The van der Waals surface area contributed by atoms with E-state index in [-0.39, 0.29) is 5.91 Å². The molecule has 1 heterocycles. The Balaban J connectivity index is 1.60. The number of nitrogens with one attached hydrogen (secondary N) is 1. The topological polar surface area (TPSA) is 79.0 Å². The Bertz CT molecular complexity index is 1110. The second-order valence-corrected chi connectivity index (χ2v) is 10.6. The number of piperazine rings is 1. The van der Waals surface area contributed by atoms with Crippen LogP contribution >= 0.6 is 0 Å². The summed E-state index contributed by atoms with van der Waals surface area (Å²) in [5.74, 6) is 0.531. The Hall–Kier alpha value is -2.42. The van der Waals surface area contributed by atoms with Crippen molar-refractivity contribution in [2.45, 2.75) is 45.9 Å². The predicted molar refractivity (Wildman–Crippen MR) is 132 cm³/mol. The molecule has 0 bridgehead atoms. The van der Waals surface area contributed by atoms with Gasteiger partial charge in [-0.1, -0.05) is 12.1 Å². The third-order valence-corrected chi connectivity index (χ3v) is 9.07. The van der Waals surface area contributed by atoms with Crippen LogP contribution in [-0.2, 0) is 14.8 Å². The molecule has 0 radical (unpaired) electrons. The van der Waals surface area contributed by atoms with Crippen molar-refractivity contribution in [2.75, 3.05) is 45.2 Å². The lowest BCUT2D eigenvalue weighted by Crippen LogP contribution is -2.49. The molecule has 1 saturated heterocycles. The van der Waals surface area contributed by atoms with Crippen LogP contribution in [0.1, 0.15) is 34.2 Å². The van der Waals surface area contributed by atoms with E-state index in [1.807, 2.05) is 46.8 Å². The molecule has 0 spiro atoms. The van der Waals surface area contributed by atoms with Crippen LogP contribution < -0.4 is 10.1 Å². The molecule has 2 aromatic rings. The summed E-state index contributed by atoms with van der Waals surface area (Å²) in [5, 5.41) is 2.89. The average Bonchev–Trinajstić information content (AvgIpc) is 2.80. The van der Waals surface area contributed by atoms with E-state index in [0.717, 1.165) is 27.8 Å². The number of carbonyl (C=O) groups is 1. The van der Waals surface area contributed by atoms with Gasteiger partial charge in [0, 0.05) is 39.1 Å². The summed E-state index contributed by atoms with van der Waals surface area (Å²) >= 11 is 0. The largest absolute Gasteiger partial charge is 0.495 e. The maximum atomic E-state index is 13.5. The highest BCUT2D eigenvalue weighted by molar-refractivity contribution is 7.89. The quantitative estimate of drug-likeness (QED) is 0.665. The van der Waals surface area contributed by atoms with E-state index in [1.54, 1.807) is 23.5 Å². The van der Waals surface area contributed by atoms with E-state index in [9.17, 15) is 13.2 Å². The van der Waals surface area contributed by atoms with Gasteiger partial charge in [0.25, 0.3) is 0 Å². The van der Waals surface area contributed by atoms with Gasteiger partial charge in [-0.2, -0.15) is 4.31 Å². The lowest BCUT2D eigenvalue weighted by molar-refractivity contribution is -0.116.